The number of benzene rings is 4. The summed E-state index contributed by atoms with van der Waals surface area (Å²) in [5.74, 6) is -15.7. The average Bonchev–Trinajstić information content (AvgIpc) is 2.76. The van der Waals surface area contributed by atoms with E-state index in [0.717, 1.165) is 17.5 Å². The van der Waals surface area contributed by atoms with Crippen molar-refractivity contribution < 1.29 is 52.1 Å². The van der Waals surface area contributed by atoms with Gasteiger partial charge in [0.1, 0.15) is 0 Å². The first kappa shape index (κ1) is 24.9. The number of fused-ring (bicyclic) bond motifs is 4. The maximum absolute atomic E-state index is 14.2. The molecule has 0 saturated carbocycles. The molecule has 0 aliphatic heterocycles. The first-order chi connectivity index (χ1) is 16.0. The molecule has 0 N–H and O–H groups in total. The molecule has 0 unspecified atom stereocenters. The Bertz CT molecular complexity index is 1560. The van der Waals surface area contributed by atoms with Gasteiger partial charge < -0.3 is 4.18 Å². The predicted octanol–water partition coefficient (Wildman–Crippen LogP) is 7.28. The van der Waals surface area contributed by atoms with Crippen molar-refractivity contribution in [1.82, 2.24) is 0 Å². The van der Waals surface area contributed by atoms with Crippen LogP contribution in [0.4, 0.5) is 39.5 Å². The Morgan fingerprint density at radius 1 is 0.600 bits per heavy atom. The van der Waals surface area contributed by atoms with Crippen LogP contribution in [0.2, 0.25) is 0 Å². The molecule has 0 spiro atoms. The molecular weight excluding hydrogens is 515 g/mol. The van der Waals surface area contributed by atoms with E-state index >= 15 is 0 Å². The third-order valence-electron chi connectivity index (χ3n) is 5.32. The van der Waals surface area contributed by atoms with Crippen molar-refractivity contribution in [3.8, 4) is 5.75 Å². The summed E-state index contributed by atoms with van der Waals surface area (Å²) in [7, 11) is -7.08. The number of alkyl halides is 9. The van der Waals surface area contributed by atoms with Gasteiger partial charge in [0.25, 0.3) is 0 Å². The van der Waals surface area contributed by atoms with Crippen LogP contribution in [0.25, 0.3) is 32.3 Å². The fraction of sp³-hybridized carbons (Fsp3) is 0.182. The number of hydrogen-bond donors (Lipinski definition) is 0. The van der Waals surface area contributed by atoms with Gasteiger partial charge in [0, 0.05) is 5.39 Å². The topological polar surface area (TPSA) is 43.4 Å². The standard InChI is InChI=1S/C22H11F9O3S/c23-19(24,21(27,28)29)20(25,26)22(30,31)35(32,33)34-17-7-3-6-12-8-9-15-10-13-4-1-2-5-14(13)11-16(15)18(12)17/h1-11H. The largest absolute Gasteiger partial charge is 0.460 e. The molecule has 13 heteroatoms. The summed E-state index contributed by atoms with van der Waals surface area (Å²) < 4.78 is 148. The Balaban J connectivity index is 1.90. The Kier molecular flexibility index (Phi) is 5.43. The van der Waals surface area contributed by atoms with Gasteiger partial charge in [0.15, 0.2) is 5.75 Å². The van der Waals surface area contributed by atoms with E-state index in [1.807, 2.05) is 0 Å². The molecule has 4 aromatic carbocycles. The van der Waals surface area contributed by atoms with E-state index in [1.54, 1.807) is 36.4 Å². The van der Waals surface area contributed by atoms with Crippen LogP contribution in [-0.4, -0.2) is 31.7 Å². The zero-order valence-corrected chi connectivity index (χ0v) is 17.7. The second-order valence-electron chi connectivity index (χ2n) is 7.54. The van der Waals surface area contributed by atoms with E-state index in [2.05, 4.69) is 4.18 Å². The van der Waals surface area contributed by atoms with Gasteiger partial charge in [0.2, 0.25) is 0 Å². The summed E-state index contributed by atoms with van der Waals surface area (Å²) in [5, 5.41) is -4.90. The molecule has 0 fully saturated rings. The van der Waals surface area contributed by atoms with Crippen LogP contribution in [0, 0.1) is 0 Å². The molecule has 4 aromatic rings. The SMILES string of the molecule is O=S(=O)(Oc1cccc2ccc3cc4ccccc4cc3c12)C(F)(F)C(F)(F)C(F)(F)C(F)(F)F. The normalized spacial score (nSPS) is 14.1. The Morgan fingerprint density at radius 3 is 1.74 bits per heavy atom. The lowest BCUT2D eigenvalue weighted by Gasteiger charge is -2.32. The van der Waals surface area contributed by atoms with Gasteiger partial charge in [-0.15, -0.1) is 0 Å². The molecule has 0 heterocycles. The molecule has 0 atom stereocenters. The second kappa shape index (κ2) is 7.64. The van der Waals surface area contributed by atoms with E-state index in [4.69, 9.17) is 0 Å². The lowest BCUT2D eigenvalue weighted by molar-refractivity contribution is -0.382. The Hall–Kier alpha value is -3.22. The molecule has 186 valence electrons. The van der Waals surface area contributed by atoms with E-state index in [-0.39, 0.29) is 16.2 Å². The maximum Gasteiger partial charge on any atom is 0.460 e. The molecule has 0 amide bonds. The summed E-state index contributed by atoms with van der Waals surface area (Å²) in [4.78, 5) is 0. The number of rotatable bonds is 5. The molecule has 0 aliphatic rings. The highest BCUT2D eigenvalue weighted by molar-refractivity contribution is 7.88. The molecule has 0 bridgehead atoms. The highest BCUT2D eigenvalue weighted by Gasteiger charge is 2.86. The lowest BCUT2D eigenvalue weighted by atomic mass is 9.98. The Labute approximate surface area is 190 Å². The maximum atomic E-state index is 14.2. The summed E-state index contributed by atoms with van der Waals surface area (Å²) in [6.07, 6.45) is -7.17. The van der Waals surface area contributed by atoms with Gasteiger partial charge in [-0.05, 0) is 45.1 Å². The summed E-state index contributed by atoms with van der Waals surface area (Å²) >= 11 is 0. The van der Waals surface area contributed by atoms with Crippen molar-refractivity contribution in [3.05, 3.63) is 66.7 Å². The van der Waals surface area contributed by atoms with Crippen molar-refractivity contribution in [2.75, 3.05) is 0 Å². The van der Waals surface area contributed by atoms with Crippen molar-refractivity contribution >= 4 is 42.4 Å². The van der Waals surface area contributed by atoms with Gasteiger partial charge >= 0.3 is 33.4 Å². The molecule has 35 heavy (non-hydrogen) atoms. The summed E-state index contributed by atoms with van der Waals surface area (Å²) in [6, 6.07) is 16.3. The highest BCUT2D eigenvalue weighted by Crippen LogP contribution is 2.55. The monoisotopic (exact) mass is 526 g/mol. The van der Waals surface area contributed by atoms with E-state index < -0.39 is 39.1 Å². The molecule has 4 rings (SSSR count). The van der Waals surface area contributed by atoms with Crippen LogP contribution in [0.3, 0.4) is 0 Å². The van der Waals surface area contributed by atoms with Crippen LogP contribution in [0.1, 0.15) is 0 Å². The fourth-order valence-corrected chi connectivity index (χ4v) is 4.45. The van der Waals surface area contributed by atoms with Gasteiger partial charge in [-0.1, -0.05) is 48.5 Å². The van der Waals surface area contributed by atoms with Crippen LogP contribution >= 0.6 is 0 Å². The minimum absolute atomic E-state index is 0.166. The van der Waals surface area contributed by atoms with Gasteiger partial charge in [-0.2, -0.15) is 47.9 Å². The van der Waals surface area contributed by atoms with Gasteiger partial charge in [-0.3, -0.25) is 0 Å². The third-order valence-corrected chi connectivity index (χ3v) is 6.60. The van der Waals surface area contributed by atoms with Crippen LogP contribution in [0.5, 0.6) is 5.75 Å². The van der Waals surface area contributed by atoms with Gasteiger partial charge in [0.05, 0.1) is 0 Å². The highest BCUT2D eigenvalue weighted by atomic mass is 32.2. The molecule has 3 nitrogen and oxygen atoms in total. The summed E-state index contributed by atoms with van der Waals surface area (Å²) in [5.41, 5.74) is 0. The third kappa shape index (κ3) is 3.63. The number of halogens is 9. The smallest absolute Gasteiger partial charge is 0.377 e. The van der Waals surface area contributed by atoms with Crippen molar-refractivity contribution in [2.24, 2.45) is 0 Å². The van der Waals surface area contributed by atoms with E-state index in [9.17, 15) is 47.9 Å². The first-order valence-electron chi connectivity index (χ1n) is 9.50. The predicted molar refractivity (Wildman–Crippen MR) is 109 cm³/mol. The van der Waals surface area contributed by atoms with Crippen LogP contribution < -0.4 is 4.18 Å². The zero-order chi connectivity index (χ0) is 26.0. The zero-order valence-electron chi connectivity index (χ0n) is 16.9. The van der Waals surface area contributed by atoms with Crippen molar-refractivity contribution in [2.45, 2.75) is 23.3 Å². The van der Waals surface area contributed by atoms with E-state index in [0.29, 0.717) is 10.8 Å². The first-order valence-corrected chi connectivity index (χ1v) is 10.9. The molecular formula is C22H11F9O3S. The van der Waals surface area contributed by atoms with Gasteiger partial charge in [-0.25, -0.2) is 0 Å². The average molecular weight is 526 g/mol. The van der Waals surface area contributed by atoms with Crippen molar-refractivity contribution in [3.63, 3.8) is 0 Å². The molecule has 0 aliphatic carbocycles. The Morgan fingerprint density at radius 2 is 1.14 bits per heavy atom. The fourth-order valence-electron chi connectivity index (χ4n) is 3.52. The minimum atomic E-state index is -7.39. The second-order valence-corrected chi connectivity index (χ2v) is 9.13. The molecule has 0 saturated heterocycles. The van der Waals surface area contributed by atoms with Crippen LogP contribution in [0.15, 0.2) is 66.7 Å². The minimum Gasteiger partial charge on any atom is -0.377 e. The van der Waals surface area contributed by atoms with Crippen LogP contribution in [-0.2, 0) is 10.1 Å². The van der Waals surface area contributed by atoms with E-state index in [1.165, 1.54) is 18.2 Å². The molecule has 0 radical (unpaired) electrons. The lowest BCUT2D eigenvalue weighted by Crippen LogP contribution is -2.63. The summed E-state index contributed by atoms with van der Waals surface area (Å²) in [6.45, 7) is 0. The quantitative estimate of drug-likeness (QED) is 0.119. The number of hydrogen-bond acceptors (Lipinski definition) is 3. The van der Waals surface area contributed by atoms with Crippen molar-refractivity contribution in [1.29, 1.82) is 0 Å². The molecule has 0 aromatic heterocycles.